The Hall–Kier alpha value is -3.09. The molecule has 2 aromatic carbocycles. The molecule has 0 aliphatic carbocycles. The first kappa shape index (κ1) is 19.2. The largest absolute Gasteiger partial charge is 0.486 e. The average molecular weight is 399 g/mol. The topological polar surface area (TPSA) is 65.1 Å². The zero-order chi connectivity index (χ0) is 20.2. The maximum Gasteiger partial charge on any atom is 0.310 e. The lowest BCUT2D eigenvalue weighted by Gasteiger charge is -2.26. The number of fused-ring (bicyclic) bond motifs is 1. The fraction of sp³-hybridized carbons (Fsp3) is 0.364. The molecule has 0 N–H and O–H groups in total. The van der Waals surface area contributed by atoms with Crippen LogP contribution in [0.5, 0.6) is 11.5 Å². The fourth-order valence-corrected chi connectivity index (χ4v) is 3.75. The summed E-state index contributed by atoms with van der Waals surface area (Å²) in [5.74, 6) is 0.0408. The van der Waals surface area contributed by atoms with E-state index in [2.05, 4.69) is 0 Å². The molecule has 0 bridgehead atoms. The molecule has 1 unspecified atom stereocenters. The third-order valence-electron chi connectivity index (χ3n) is 5.17. The Morgan fingerprint density at radius 1 is 1.10 bits per heavy atom. The van der Waals surface area contributed by atoms with Crippen LogP contribution >= 0.6 is 0 Å². The van der Waals surface area contributed by atoms with Gasteiger partial charge in [0, 0.05) is 6.54 Å². The van der Waals surface area contributed by atoms with Crippen LogP contribution in [0.25, 0.3) is 0 Å². The lowest BCUT2D eigenvalue weighted by molar-refractivity contribution is -0.152. The highest BCUT2D eigenvalue weighted by molar-refractivity contribution is 5.82. The van der Waals surface area contributed by atoms with E-state index in [4.69, 9.17) is 14.2 Å². The summed E-state index contributed by atoms with van der Waals surface area (Å²) in [7, 11) is 0. The van der Waals surface area contributed by atoms with Crippen molar-refractivity contribution in [2.75, 3.05) is 26.4 Å². The van der Waals surface area contributed by atoms with Gasteiger partial charge in [0.2, 0.25) is 0 Å². The van der Waals surface area contributed by atoms with Crippen LogP contribution in [0.4, 0.5) is 4.39 Å². The highest BCUT2D eigenvalue weighted by atomic mass is 19.1. The summed E-state index contributed by atoms with van der Waals surface area (Å²) in [6.45, 7) is 1.28. The molecule has 7 heteroatoms. The number of hydrogen-bond acceptors (Lipinski definition) is 5. The van der Waals surface area contributed by atoms with Crippen molar-refractivity contribution in [1.82, 2.24) is 4.90 Å². The summed E-state index contributed by atoms with van der Waals surface area (Å²) >= 11 is 0. The molecule has 0 saturated carbocycles. The predicted octanol–water partition coefficient (Wildman–Crippen LogP) is 3.05. The zero-order valence-corrected chi connectivity index (χ0v) is 15.9. The lowest BCUT2D eigenvalue weighted by atomic mass is 10.0. The highest BCUT2D eigenvalue weighted by Gasteiger charge is 2.31. The molecule has 1 saturated heterocycles. The summed E-state index contributed by atoms with van der Waals surface area (Å²) in [5.41, 5.74) is 1.22. The second-order valence-corrected chi connectivity index (χ2v) is 7.08. The molecule has 0 aromatic heterocycles. The molecule has 29 heavy (non-hydrogen) atoms. The minimum Gasteiger partial charge on any atom is -0.486 e. The molecule has 1 fully saturated rings. The Labute approximate surface area is 168 Å². The molecular weight excluding hydrogens is 377 g/mol. The van der Waals surface area contributed by atoms with Gasteiger partial charge < -0.3 is 19.1 Å². The van der Waals surface area contributed by atoms with Crippen LogP contribution < -0.4 is 9.47 Å². The van der Waals surface area contributed by atoms with E-state index in [1.807, 2.05) is 18.2 Å². The lowest BCUT2D eigenvalue weighted by Crippen LogP contribution is -2.34. The van der Waals surface area contributed by atoms with Crippen molar-refractivity contribution < 1.29 is 28.2 Å². The highest BCUT2D eigenvalue weighted by Crippen LogP contribution is 2.38. The number of nitrogens with zero attached hydrogens (tertiary/aromatic N) is 1. The number of esters is 1. The van der Waals surface area contributed by atoms with Gasteiger partial charge >= 0.3 is 5.97 Å². The maximum absolute atomic E-state index is 13.7. The van der Waals surface area contributed by atoms with Gasteiger partial charge in [-0.3, -0.25) is 9.59 Å². The molecule has 1 amide bonds. The quantitative estimate of drug-likeness (QED) is 0.723. The number of amides is 1. The van der Waals surface area contributed by atoms with Gasteiger partial charge in [-0.2, -0.15) is 0 Å². The van der Waals surface area contributed by atoms with E-state index >= 15 is 0 Å². The Bertz CT molecular complexity index is 916. The average Bonchev–Trinajstić information content (AvgIpc) is 3.23. The molecule has 2 aliphatic rings. The molecule has 0 radical (unpaired) electrons. The second-order valence-electron chi connectivity index (χ2n) is 7.08. The normalized spacial score (nSPS) is 17.8. The number of carbonyl (C=O) groups excluding carboxylic acids is 2. The summed E-state index contributed by atoms with van der Waals surface area (Å²) in [6, 6.07) is 11.6. The first-order valence-electron chi connectivity index (χ1n) is 9.70. The molecule has 2 heterocycles. The van der Waals surface area contributed by atoms with Crippen molar-refractivity contribution in [3.05, 3.63) is 59.4 Å². The van der Waals surface area contributed by atoms with Crippen molar-refractivity contribution in [2.24, 2.45) is 0 Å². The van der Waals surface area contributed by atoms with Gasteiger partial charge in [0.05, 0.1) is 12.5 Å². The summed E-state index contributed by atoms with van der Waals surface area (Å²) in [5, 5.41) is 0. The van der Waals surface area contributed by atoms with E-state index in [-0.39, 0.29) is 30.5 Å². The van der Waals surface area contributed by atoms with Gasteiger partial charge in [-0.15, -0.1) is 0 Å². The van der Waals surface area contributed by atoms with Crippen molar-refractivity contribution in [2.45, 2.75) is 25.3 Å². The molecule has 1 atom stereocenters. The molecule has 2 aromatic rings. The minimum absolute atomic E-state index is 0.0939. The predicted molar refractivity (Wildman–Crippen MR) is 102 cm³/mol. The van der Waals surface area contributed by atoms with Crippen LogP contribution in [0.2, 0.25) is 0 Å². The van der Waals surface area contributed by atoms with Crippen LogP contribution in [-0.4, -0.2) is 43.1 Å². The van der Waals surface area contributed by atoms with E-state index in [1.165, 1.54) is 12.1 Å². The van der Waals surface area contributed by atoms with Crippen molar-refractivity contribution >= 4 is 11.9 Å². The standard InChI is InChI=1S/C22H22FNO5/c23-17-5-2-1-4-15(17)13-22(26)29-14-21(25)24-9-3-6-18(24)16-7-8-19-20(12-16)28-11-10-27-19/h1-2,4-5,7-8,12,18H,3,6,9-11,13-14H2. The first-order chi connectivity index (χ1) is 14.1. The second kappa shape index (κ2) is 8.51. The van der Waals surface area contributed by atoms with Gasteiger partial charge in [-0.05, 0) is 42.2 Å². The van der Waals surface area contributed by atoms with Crippen LogP contribution in [0, 0.1) is 5.82 Å². The van der Waals surface area contributed by atoms with Gasteiger partial charge in [-0.1, -0.05) is 24.3 Å². The maximum atomic E-state index is 13.7. The van der Waals surface area contributed by atoms with Crippen molar-refractivity contribution in [1.29, 1.82) is 0 Å². The Morgan fingerprint density at radius 3 is 2.72 bits per heavy atom. The zero-order valence-electron chi connectivity index (χ0n) is 15.9. The van der Waals surface area contributed by atoms with E-state index in [0.29, 0.717) is 31.3 Å². The van der Waals surface area contributed by atoms with Gasteiger partial charge in [-0.25, -0.2) is 4.39 Å². The van der Waals surface area contributed by atoms with Crippen molar-refractivity contribution in [3.8, 4) is 11.5 Å². The molecule has 0 spiro atoms. The summed E-state index contributed by atoms with van der Waals surface area (Å²) in [4.78, 5) is 26.4. The Kier molecular flexibility index (Phi) is 5.64. The number of benzene rings is 2. The fourth-order valence-electron chi connectivity index (χ4n) is 3.75. The molecule has 152 valence electrons. The monoisotopic (exact) mass is 399 g/mol. The number of halogens is 1. The van der Waals surface area contributed by atoms with Crippen LogP contribution in [0.1, 0.15) is 30.0 Å². The molecule has 2 aliphatic heterocycles. The van der Waals surface area contributed by atoms with Crippen molar-refractivity contribution in [3.63, 3.8) is 0 Å². The Balaban J connectivity index is 1.37. The summed E-state index contributed by atoms with van der Waals surface area (Å²) in [6.07, 6.45) is 1.49. The smallest absolute Gasteiger partial charge is 0.310 e. The van der Waals surface area contributed by atoms with Crippen LogP contribution in [0.15, 0.2) is 42.5 Å². The van der Waals surface area contributed by atoms with Crippen LogP contribution in [-0.2, 0) is 20.7 Å². The van der Waals surface area contributed by atoms with E-state index in [0.717, 1.165) is 18.4 Å². The van der Waals surface area contributed by atoms with E-state index in [1.54, 1.807) is 17.0 Å². The van der Waals surface area contributed by atoms with E-state index in [9.17, 15) is 14.0 Å². The number of hydrogen-bond donors (Lipinski definition) is 0. The van der Waals surface area contributed by atoms with Gasteiger partial charge in [0.1, 0.15) is 19.0 Å². The van der Waals surface area contributed by atoms with Gasteiger partial charge in [0.15, 0.2) is 18.1 Å². The SMILES string of the molecule is O=C(Cc1ccccc1F)OCC(=O)N1CCCC1c1ccc2c(c1)OCCO2. The Morgan fingerprint density at radius 2 is 1.90 bits per heavy atom. The molecule has 4 rings (SSSR count). The van der Waals surface area contributed by atoms with Crippen LogP contribution in [0.3, 0.4) is 0 Å². The number of carbonyl (C=O) groups is 2. The van der Waals surface area contributed by atoms with Gasteiger partial charge in [0.25, 0.3) is 5.91 Å². The third-order valence-corrected chi connectivity index (χ3v) is 5.17. The number of rotatable bonds is 5. The van der Waals surface area contributed by atoms with E-state index < -0.39 is 11.8 Å². The molecular formula is C22H22FNO5. The minimum atomic E-state index is -0.626. The summed E-state index contributed by atoms with van der Waals surface area (Å²) < 4.78 is 29.9. The molecule has 6 nitrogen and oxygen atoms in total. The number of ether oxygens (including phenoxy) is 3. The third kappa shape index (κ3) is 4.34. The number of likely N-dealkylation sites (tertiary alicyclic amines) is 1. The first-order valence-corrected chi connectivity index (χ1v) is 9.70.